The highest BCUT2D eigenvalue weighted by molar-refractivity contribution is 5.88. The van der Waals surface area contributed by atoms with Gasteiger partial charge in [0.05, 0.1) is 5.52 Å². The second kappa shape index (κ2) is 6.39. The van der Waals surface area contributed by atoms with E-state index in [1.54, 1.807) is 5.56 Å². The number of pyridine rings is 1. The lowest BCUT2D eigenvalue weighted by Gasteiger charge is -2.18. The molecule has 0 atom stereocenters. The first-order valence-electron chi connectivity index (χ1n) is 8.16. The Hall–Kier alpha value is -1.37. The molecule has 108 valence electrons. The van der Waals surface area contributed by atoms with Crippen LogP contribution in [0.1, 0.15) is 62.6 Å². The van der Waals surface area contributed by atoms with Crippen molar-refractivity contribution in [2.45, 2.75) is 66.7 Å². The van der Waals surface area contributed by atoms with Crippen LogP contribution in [0.15, 0.2) is 12.1 Å². The fourth-order valence-corrected chi connectivity index (χ4v) is 3.48. The van der Waals surface area contributed by atoms with Crippen molar-refractivity contribution in [2.75, 3.05) is 0 Å². The van der Waals surface area contributed by atoms with E-state index in [1.165, 1.54) is 33.3 Å². The van der Waals surface area contributed by atoms with Gasteiger partial charge in [-0.2, -0.15) is 0 Å². The molecular formula is C19H27N. The number of rotatable bonds is 5. The monoisotopic (exact) mass is 269 g/mol. The minimum Gasteiger partial charge on any atom is -0.253 e. The maximum atomic E-state index is 4.96. The van der Waals surface area contributed by atoms with Gasteiger partial charge >= 0.3 is 0 Å². The smallest absolute Gasteiger partial charge is 0.0711 e. The maximum Gasteiger partial charge on any atom is 0.0711 e. The molecule has 0 bridgehead atoms. The van der Waals surface area contributed by atoms with Crippen LogP contribution in [0.25, 0.3) is 10.9 Å². The Balaban J connectivity index is 2.93. The first-order chi connectivity index (χ1) is 9.71. The van der Waals surface area contributed by atoms with Crippen LogP contribution in [-0.2, 0) is 32.1 Å². The summed E-state index contributed by atoms with van der Waals surface area (Å²) < 4.78 is 0. The van der Waals surface area contributed by atoms with Gasteiger partial charge in [0.15, 0.2) is 0 Å². The van der Waals surface area contributed by atoms with Crippen LogP contribution in [0.3, 0.4) is 0 Å². The number of fused-ring (bicyclic) bond motifs is 1. The Morgan fingerprint density at radius 1 is 0.700 bits per heavy atom. The lowest BCUT2D eigenvalue weighted by atomic mass is 9.89. The zero-order chi connectivity index (χ0) is 14.7. The zero-order valence-electron chi connectivity index (χ0n) is 13.6. The number of hydrogen-bond acceptors (Lipinski definition) is 1. The molecule has 0 aliphatic heterocycles. The highest BCUT2D eigenvalue weighted by atomic mass is 14.7. The average Bonchev–Trinajstić information content (AvgIpc) is 2.51. The molecule has 0 spiro atoms. The van der Waals surface area contributed by atoms with Gasteiger partial charge in [-0.1, -0.05) is 40.7 Å². The van der Waals surface area contributed by atoms with E-state index in [0.29, 0.717) is 0 Å². The number of nitrogens with zero attached hydrogens (tertiary/aromatic N) is 1. The van der Waals surface area contributed by atoms with Gasteiger partial charge in [0.1, 0.15) is 0 Å². The molecule has 0 aliphatic carbocycles. The van der Waals surface area contributed by atoms with Crippen LogP contribution < -0.4 is 0 Å². The van der Waals surface area contributed by atoms with Gasteiger partial charge in [-0.15, -0.1) is 0 Å². The zero-order valence-corrected chi connectivity index (χ0v) is 13.6. The van der Waals surface area contributed by atoms with Crippen molar-refractivity contribution in [1.82, 2.24) is 4.98 Å². The summed E-state index contributed by atoms with van der Waals surface area (Å²) in [5.41, 5.74) is 8.54. The summed E-state index contributed by atoms with van der Waals surface area (Å²) in [5, 5.41) is 1.45. The van der Waals surface area contributed by atoms with E-state index in [1.807, 2.05) is 0 Å². The van der Waals surface area contributed by atoms with Gasteiger partial charge in [0.2, 0.25) is 0 Å². The third kappa shape index (κ3) is 2.34. The number of benzene rings is 1. The van der Waals surface area contributed by atoms with E-state index in [-0.39, 0.29) is 0 Å². The first-order valence-corrected chi connectivity index (χ1v) is 8.16. The Labute approximate surface area is 123 Å². The Bertz CT molecular complexity index is 611. The normalized spacial score (nSPS) is 11.2. The summed E-state index contributed by atoms with van der Waals surface area (Å²) in [7, 11) is 0. The molecule has 20 heavy (non-hydrogen) atoms. The van der Waals surface area contributed by atoms with E-state index in [2.05, 4.69) is 46.8 Å². The van der Waals surface area contributed by atoms with Crippen LogP contribution in [0, 0.1) is 0 Å². The molecule has 1 heterocycles. The number of hydrogen-bond donors (Lipinski definition) is 0. The Kier molecular flexibility index (Phi) is 4.80. The quantitative estimate of drug-likeness (QED) is 0.740. The molecule has 1 aromatic carbocycles. The molecule has 0 fully saturated rings. The third-order valence-corrected chi connectivity index (χ3v) is 4.43. The molecule has 0 N–H and O–H groups in total. The fourth-order valence-electron chi connectivity index (χ4n) is 3.48. The molecule has 2 rings (SSSR count). The standard InChI is InChI=1S/C19H27N/c1-6-13-11-12-18-19(14(13)7-2)16(9-4)15(8-3)17(10-5)20-18/h11-12H,6-10H2,1-5H3. The Morgan fingerprint density at radius 3 is 1.85 bits per heavy atom. The van der Waals surface area contributed by atoms with E-state index in [9.17, 15) is 0 Å². The molecule has 0 amide bonds. The predicted octanol–water partition coefficient (Wildman–Crippen LogP) is 5.05. The summed E-state index contributed by atoms with van der Waals surface area (Å²) >= 11 is 0. The average molecular weight is 269 g/mol. The molecule has 1 nitrogen and oxygen atoms in total. The molecular weight excluding hydrogens is 242 g/mol. The first kappa shape index (κ1) is 15.0. The van der Waals surface area contributed by atoms with Crippen molar-refractivity contribution in [2.24, 2.45) is 0 Å². The largest absolute Gasteiger partial charge is 0.253 e. The van der Waals surface area contributed by atoms with Gasteiger partial charge in [0.25, 0.3) is 0 Å². The Morgan fingerprint density at radius 2 is 1.35 bits per heavy atom. The second-order valence-electron chi connectivity index (χ2n) is 5.38. The van der Waals surface area contributed by atoms with Crippen LogP contribution in [0.5, 0.6) is 0 Å². The molecule has 0 radical (unpaired) electrons. The fraction of sp³-hybridized carbons (Fsp3) is 0.526. The summed E-state index contributed by atoms with van der Waals surface area (Å²) in [5.74, 6) is 0. The molecule has 1 aromatic heterocycles. The van der Waals surface area contributed by atoms with Gasteiger partial charge in [-0.3, -0.25) is 4.98 Å². The highest BCUT2D eigenvalue weighted by Crippen LogP contribution is 2.30. The van der Waals surface area contributed by atoms with Gasteiger partial charge in [0, 0.05) is 11.1 Å². The molecule has 2 aromatic rings. The topological polar surface area (TPSA) is 12.9 Å². The van der Waals surface area contributed by atoms with E-state index >= 15 is 0 Å². The second-order valence-corrected chi connectivity index (χ2v) is 5.38. The van der Waals surface area contributed by atoms with Crippen molar-refractivity contribution in [3.63, 3.8) is 0 Å². The minimum absolute atomic E-state index is 1.03. The van der Waals surface area contributed by atoms with Gasteiger partial charge < -0.3 is 0 Å². The minimum atomic E-state index is 1.03. The predicted molar refractivity (Wildman–Crippen MR) is 88.6 cm³/mol. The van der Waals surface area contributed by atoms with Crippen molar-refractivity contribution in [3.05, 3.63) is 40.1 Å². The van der Waals surface area contributed by atoms with Crippen molar-refractivity contribution in [3.8, 4) is 0 Å². The van der Waals surface area contributed by atoms with Crippen LogP contribution in [0.4, 0.5) is 0 Å². The maximum absolute atomic E-state index is 4.96. The lowest BCUT2D eigenvalue weighted by molar-refractivity contribution is 0.940. The number of aryl methyl sites for hydroxylation is 4. The van der Waals surface area contributed by atoms with Gasteiger partial charge in [-0.25, -0.2) is 0 Å². The summed E-state index contributed by atoms with van der Waals surface area (Å²) in [6, 6.07) is 4.50. The van der Waals surface area contributed by atoms with E-state index in [0.717, 1.165) is 32.1 Å². The molecule has 0 unspecified atom stereocenters. The summed E-state index contributed by atoms with van der Waals surface area (Å²) in [6.07, 6.45) is 5.44. The van der Waals surface area contributed by atoms with Crippen molar-refractivity contribution < 1.29 is 0 Å². The highest BCUT2D eigenvalue weighted by Gasteiger charge is 2.15. The summed E-state index contributed by atoms with van der Waals surface area (Å²) in [4.78, 5) is 4.96. The molecule has 0 aliphatic rings. The third-order valence-electron chi connectivity index (χ3n) is 4.43. The molecule has 0 saturated carbocycles. The van der Waals surface area contributed by atoms with E-state index < -0.39 is 0 Å². The van der Waals surface area contributed by atoms with Gasteiger partial charge in [-0.05, 0) is 60.4 Å². The lowest BCUT2D eigenvalue weighted by Crippen LogP contribution is -2.06. The van der Waals surface area contributed by atoms with Crippen LogP contribution in [0.2, 0.25) is 0 Å². The summed E-state index contributed by atoms with van der Waals surface area (Å²) in [6.45, 7) is 11.3. The van der Waals surface area contributed by atoms with Crippen molar-refractivity contribution in [1.29, 1.82) is 0 Å². The molecule has 0 saturated heterocycles. The number of aromatic nitrogens is 1. The molecule has 1 heteroatoms. The SMILES string of the molecule is CCc1ccc2nc(CC)c(CC)c(CC)c2c1CC. The van der Waals surface area contributed by atoms with Crippen LogP contribution >= 0.6 is 0 Å². The van der Waals surface area contributed by atoms with E-state index in [4.69, 9.17) is 4.98 Å². The van der Waals surface area contributed by atoms with Crippen LogP contribution in [-0.4, -0.2) is 4.98 Å². The van der Waals surface area contributed by atoms with Crippen molar-refractivity contribution >= 4 is 10.9 Å².